The van der Waals surface area contributed by atoms with Gasteiger partial charge in [0, 0.05) is 45.8 Å². The molecule has 5 rings (SSSR count). The molecule has 0 saturated carbocycles. The van der Waals surface area contributed by atoms with Crippen LogP contribution in [0, 0.1) is 11.8 Å². The van der Waals surface area contributed by atoms with Gasteiger partial charge < -0.3 is 19.5 Å². The molecule has 202 valence electrons. The van der Waals surface area contributed by atoms with Crippen molar-refractivity contribution in [2.45, 2.75) is 19.5 Å². The fourth-order valence-electron chi connectivity index (χ4n) is 5.82. The summed E-state index contributed by atoms with van der Waals surface area (Å²) in [6, 6.07) is 21.0. The molecule has 2 saturated heterocycles. The Kier molecular flexibility index (Phi) is 8.79. The van der Waals surface area contributed by atoms with Gasteiger partial charge in [-0.2, -0.15) is 0 Å². The topological polar surface area (TPSA) is 63.3 Å². The second-order valence-corrected chi connectivity index (χ2v) is 10.5. The van der Waals surface area contributed by atoms with Gasteiger partial charge in [0.05, 0.1) is 33.4 Å². The molecule has 7 heteroatoms. The number of nitrogens with one attached hydrogen (secondary N) is 1. The van der Waals surface area contributed by atoms with Gasteiger partial charge in [0.2, 0.25) is 5.91 Å². The molecule has 2 heterocycles. The zero-order valence-electron chi connectivity index (χ0n) is 22.5. The minimum absolute atomic E-state index is 0.0459. The van der Waals surface area contributed by atoms with Crippen LogP contribution in [0.3, 0.4) is 0 Å². The van der Waals surface area contributed by atoms with Crippen molar-refractivity contribution >= 4 is 16.7 Å². The third kappa shape index (κ3) is 6.65. The molecule has 2 fully saturated rings. The summed E-state index contributed by atoms with van der Waals surface area (Å²) < 4.78 is 16.3. The van der Waals surface area contributed by atoms with E-state index >= 15 is 0 Å². The minimum Gasteiger partial charge on any atom is -0.493 e. The van der Waals surface area contributed by atoms with Gasteiger partial charge in [0.15, 0.2) is 11.5 Å². The average Bonchev–Trinajstić information content (AvgIpc) is 2.96. The van der Waals surface area contributed by atoms with Crippen molar-refractivity contribution in [2.24, 2.45) is 11.8 Å². The van der Waals surface area contributed by atoms with Crippen LogP contribution in [0.15, 0.2) is 60.7 Å². The largest absolute Gasteiger partial charge is 0.493 e. The van der Waals surface area contributed by atoms with Gasteiger partial charge in [-0.25, -0.2) is 0 Å². The average molecular weight is 518 g/mol. The number of methoxy groups -OCH3 is 2. The molecule has 7 nitrogen and oxygen atoms in total. The maximum Gasteiger partial charge on any atom is 0.224 e. The molecular weight excluding hydrogens is 478 g/mol. The predicted molar refractivity (Wildman–Crippen MR) is 149 cm³/mol. The Balaban J connectivity index is 1.26. The lowest BCUT2D eigenvalue weighted by Gasteiger charge is -2.40. The van der Waals surface area contributed by atoms with Crippen LogP contribution in [-0.2, 0) is 22.6 Å². The number of benzene rings is 3. The summed E-state index contributed by atoms with van der Waals surface area (Å²) in [5.41, 5.74) is 2.28. The molecule has 2 aliphatic rings. The third-order valence-corrected chi connectivity index (χ3v) is 7.74. The monoisotopic (exact) mass is 517 g/mol. The van der Waals surface area contributed by atoms with E-state index in [2.05, 4.69) is 57.6 Å². The molecule has 2 atom stereocenters. The maximum absolute atomic E-state index is 13.4. The normalized spacial score (nSPS) is 20.8. The molecule has 3 aromatic rings. The summed E-state index contributed by atoms with van der Waals surface area (Å²) >= 11 is 0. The van der Waals surface area contributed by atoms with Gasteiger partial charge >= 0.3 is 0 Å². The maximum atomic E-state index is 13.4. The molecular formula is C31H39N3O4. The number of fused-ring (bicyclic) bond motifs is 1. The number of ether oxygens (including phenoxy) is 3. The van der Waals surface area contributed by atoms with Crippen molar-refractivity contribution in [3.05, 3.63) is 71.8 Å². The van der Waals surface area contributed by atoms with Crippen LogP contribution >= 0.6 is 0 Å². The van der Waals surface area contributed by atoms with Crippen LogP contribution in [0.2, 0.25) is 0 Å². The first-order valence-corrected chi connectivity index (χ1v) is 13.6. The van der Waals surface area contributed by atoms with Crippen molar-refractivity contribution in [3.63, 3.8) is 0 Å². The van der Waals surface area contributed by atoms with Crippen LogP contribution in [0.25, 0.3) is 10.8 Å². The second-order valence-electron chi connectivity index (χ2n) is 10.5. The molecule has 1 N–H and O–H groups in total. The lowest BCUT2D eigenvalue weighted by Crippen LogP contribution is -2.49. The van der Waals surface area contributed by atoms with Gasteiger partial charge in [0.25, 0.3) is 0 Å². The number of hydrogen-bond donors (Lipinski definition) is 1. The molecule has 0 radical (unpaired) electrons. The first-order valence-electron chi connectivity index (χ1n) is 13.6. The zero-order valence-corrected chi connectivity index (χ0v) is 22.5. The van der Waals surface area contributed by atoms with E-state index in [0.717, 1.165) is 64.5 Å². The summed E-state index contributed by atoms with van der Waals surface area (Å²) in [6.07, 6.45) is 0.906. The molecule has 0 unspecified atom stereocenters. The van der Waals surface area contributed by atoms with Crippen molar-refractivity contribution in [1.82, 2.24) is 15.1 Å². The highest BCUT2D eigenvalue weighted by molar-refractivity contribution is 5.83. The summed E-state index contributed by atoms with van der Waals surface area (Å²) in [5.74, 6) is 1.87. The molecule has 38 heavy (non-hydrogen) atoms. The fraction of sp³-hybridized carbons (Fsp3) is 0.452. The fourth-order valence-corrected chi connectivity index (χ4v) is 5.82. The Morgan fingerprint density at radius 1 is 0.895 bits per heavy atom. The first kappa shape index (κ1) is 26.5. The lowest BCUT2D eigenvalue weighted by molar-refractivity contribution is -0.128. The molecule has 0 aromatic heterocycles. The highest BCUT2D eigenvalue weighted by Gasteiger charge is 2.32. The van der Waals surface area contributed by atoms with Crippen LogP contribution in [0.4, 0.5) is 0 Å². The quantitative estimate of drug-likeness (QED) is 0.464. The van der Waals surface area contributed by atoms with Gasteiger partial charge in [-0.05, 0) is 52.4 Å². The predicted octanol–water partition coefficient (Wildman–Crippen LogP) is 3.94. The van der Waals surface area contributed by atoms with Crippen molar-refractivity contribution in [3.8, 4) is 11.5 Å². The van der Waals surface area contributed by atoms with Crippen molar-refractivity contribution in [1.29, 1.82) is 0 Å². The van der Waals surface area contributed by atoms with E-state index in [9.17, 15) is 4.79 Å². The number of rotatable bonds is 9. The smallest absolute Gasteiger partial charge is 0.224 e. The van der Waals surface area contributed by atoms with Gasteiger partial charge in [-0.15, -0.1) is 0 Å². The minimum atomic E-state index is -0.0459. The molecule has 2 aliphatic heterocycles. The Bertz CT molecular complexity index is 1230. The van der Waals surface area contributed by atoms with Crippen LogP contribution in [0.5, 0.6) is 11.5 Å². The Morgan fingerprint density at radius 2 is 1.66 bits per heavy atom. The van der Waals surface area contributed by atoms with Crippen LogP contribution in [-0.4, -0.2) is 75.9 Å². The highest BCUT2D eigenvalue weighted by atomic mass is 16.5. The van der Waals surface area contributed by atoms with E-state index < -0.39 is 0 Å². The van der Waals surface area contributed by atoms with E-state index in [4.69, 9.17) is 14.2 Å². The third-order valence-electron chi connectivity index (χ3n) is 7.74. The number of piperidine rings is 1. The number of morpholine rings is 1. The van der Waals surface area contributed by atoms with Gasteiger partial charge in [-0.1, -0.05) is 42.5 Å². The van der Waals surface area contributed by atoms with Crippen molar-refractivity contribution in [2.75, 3.05) is 60.2 Å². The van der Waals surface area contributed by atoms with E-state index in [1.165, 1.54) is 16.3 Å². The standard InChI is InChI=1S/C31H39N3O4/c1-36-29-10-8-23(17-30(29)37-2)18-32-31(35)28-16-25(20-33-11-13-38-14-12-33)21-34(22-28)19-24-7-9-26-5-3-4-6-27(26)15-24/h3-10,15,17,25,28H,11-14,16,18-22H2,1-2H3,(H,32,35)/t25-,28-/m1/s1. The summed E-state index contributed by atoms with van der Waals surface area (Å²) in [6.45, 7) is 7.63. The lowest BCUT2D eigenvalue weighted by atomic mass is 9.87. The molecule has 1 amide bonds. The Labute approximate surface area is 225 Å². The van der Waals surface area contributed by atoms with Gasteiger partial charge in [0.1, 0.15) is 0 Å². The molecule has 3 aromatic carbocycles. The summed E-state index contributed by atoms with van der Waals surface area (Å²) in [4.78, 5) is 18.4. The molecule has 0 spiro atoms. The number of carbonyl (C=O) groups is 1. The Hall–Kier alpha value is -3.13. The zero-order chi connectivity index (χ0) is 26.3. The van der Waals surface area contributed by atoms with E-state index in [1.807, 2.05) is 18.2 Å². The SMILES string of the molecule is COc1ccc(CNC(=O)[C@@H]2C[C@H](CN3CCOCC3)CN(Cc3ccc4ccccc4c3)C2)cc1OC. The number of likely N-dealkylation sites (tertiary alicyclic amines) is 1. The number of hydrogen-bond acceptors (Lipinski definition) is 6. The number of carbonyl (C=O) groups excluding carboxylic acids is 1. The summed E-state index contributed by atoms with van der Waals surface area (Å²) in [7, 11) is 3.25. The van der Waals surface area contributed by atoms with E-state index in [1.54, 1.807) is 14.2 Å². The first-order chi connectivity index (χ1) is 18.6. The van der Waals surface area contributed by atoms with Crippen LogP contribution < -0.4 is 14.8 Å². The Morgan fingerprint density at radius 3 is 2.45 bits per heavy atom. The van der Waals surface area contributed by atoms with Gasteiger partial charge in [-0.3, -0.25) is 14.6 Å². The van der Waals surface area contributed by atoms with E-state index in [-0.39, 0.29) is 11.8 Å². The van der Waals surface area contributed by atoms with Crippen LogP contribution in [0.1, 0.15) is 17.5 Å². The van der Waals surface area contributed by atoms with E-state index in [0.29, 0.717) is 24.0 Å². The highest BCUT2D eigenvalue weighted by Crippen LogP contribution is 2.28. The van der Waals surface area contributed by atoms with Crippen molar-refractivity contribution < 1.29 is 19.0 Å². The number of amides is 1. The molecule has 0 aliphatic carbocycles. The summed E-state index contributed by atoms with van der Waals surface area (Å²) in [5, 5.41) is 5.71. The molecule has 0 bridgehead atoms. The second kappa shape index (κ2) is 12.6. The number of nitrogens with zero attached hydrogens (tertiary/aromatic N) is 2.